The van der Waals surface area contributed by atoms with E-state index in [1.54, 1.807) is 0 Å². The van der Waals surface area contributed by atoms with Crippen molar-refractivity contribution >= 4 is 10.9 Å². The van der Waals surface area contributed by atoms with Crippen LogP contribution in [0.15, 0.2) is 29.1 Å². The van der Waals surface area contributed by atoms with Gasteiger partial charge in [0, 0.05) is 36.2 Å². The second kappa shape index (κ2) is 11.1. The summed E-state index contributed by atoms with van der Waals surface area (Å²) in [7, 11) is 0. The predicted octanol–water partition coefficient (Wildman–Crippen LogP) is 4.41. The second-order valence-electron chi connectivity index (χ2n) is 10.5. The van der Waals surface area contributed by atoms with Crippen molar-refractivity contribution in [2.45, 2.75) is 84.0 Å². The molecule has 36 heavy (non-hydrogen) atoms. The molecule has 2 aromatic heterocycles. The largest absolute Gasteiger partial charge is 0.494 e. The fourth-order valence-corrected chi connectivity index (χ4v) is 5.84. The van der Waals surface area contributed by atoms with Crippen molar-refractivity contribution in [1.82, 2.24) is 30.1 Å². The number of H-pyrrole nitrogens is 1. The number of nitrogens with zero attached hydrogens (tertiary/aromatic N) is 5. The Bertz CT molecular complexity index is 1210. The summed E-state index contributed by atoms with van der Waals surface area (Å²) in [6.07, 6.45) is 6.90. The average Bonchev–Trinajstić information content (AvgIpc) is 3.63. The molecule has 0 unspecified atom stereocenters. The lowest BCUT2D eigenvalue weighted by Gasteiger charge is -2.35. The van der Waals surface area contributed by atoms with Gasteiger partial charge >= 0.3 is 0 Å². The summed E-state index contributed by atoms with van der Waals surface area (Å²) in [6.45, 7) is 9.00. The van der Waals surface area contributed by atoms with Crippen molar-refractivity contribution in [3.05, 3.63) is 46.0 Å². The summed E-state index contributed by atoms with van der Waals surface area (Å²) in [6, 6.07) is 8.10. The zero-order valence-corrected chi connectivity index (χ0v) is 21.7. The number of hydrogen-bond donors (Lipinski definition) is 1. The van der Waals surface area contributed by atoms with Gasteiger partial charge in [0.2, 0.25) is 0 Å². The zero-order valence-electron chi connectivity index (χ0n) is 21.7. The first-order valence-corrected chi connectivity index (χ1v) is 13.5. The number of rotatable bonds is 10. The Balaban J connectivity index is 1.51. The van der Waals surface area contributed by atoms with Crippen molar-refractivity contribution in [1.29, 1.82) is 0 Å². The maximum Gasteiger partial charge on any atom is 0.252 e. The highest BCUT2D eigenvalue weighted by molar-refractivity contribution is 5.80. The second-order valence-corrected chi connectivity index (χ2v) is 10.5. The lowest BCUT2D eigenvalue weighted by Crippen LogP contribution is -2.40. The van der Waals surface area contributed by atoms with E-state index in [1.807, 2.05) is 31.2 Å². The van der Waals surface area contributed by atoms with Crippen LogP contribution in [-0.2, 0) is 11.3 Å². The summed E-state index contributed by atoms with van der Waals surface area (Å²) in [5.41, 5.74) is 1.46. The summed E-state index contributed by atoms with van der Waals surface area (Å²) >= 11 is 0. The maximum absolute atomic E-state index is 13.2. The molecule has 2 aliphatic rings. The molecule has 9 nitrogen and oxygen atoms in total. The molecule has 0 amide bonds. The molecule has 5 rings (SSSR count). The van der Waals surface area contributed by atoms with E-state index in [9.17, 15) is 4.79 Å². The fraction of sp³-hybridized carbons (Fsp3) is 0.630. The third-order valence-corrected chi connectivity index (χ3v) is 7.52. The lowest BCUT2D eigenvalue weighted by atomic mass is 9.99. The summed E-state index contributed by atoms with van der Waals surface area (Å²) in [5.74, 6) is 1.95. The van der Waals surface area contributed by atoms with E-state index in [2.05, 4.69) is 43.9 Å². The Morgan fingerprint density at radius 1 is 1.19 bits per heavy atom. The molecule has 0 spiro atoms. The van der Waals surface area contributed by atoms with Gasteiger partial charge in [0.15, 0.2) is 5.82 Å². The molecule has 9 heteroatoms. The molecule has 1 aliphatic heterocycles. The first-order chi connectivity index (χ1) is 17.5. The van der Waals surface area contributed by atoms with Gasteiger partial charge in [-0.1, -0.05) is 26.7 Å². The van der Waals surface area contributed by atoms with Crippen molar-refractivity contribution in [3.8, 4) is 5.75 Å². The molecule has 2 atom stereocenters. The van der Waals surface area contributed by atoms with Crippen LogP contribution >= 0.6 is 0 Å². The van der Waals surface area contributed by atoms with Crippen LogP contribution in [0.2, 0.25) is 0 Å². The molecule has 1 saturated carbocycles. The van der Waals surface area contributed by atoms with E-state index in [-0.39, 0.29) is 23.6 Å². The maximum atomic E-state index is 13.2. The van der Waals surface area contributed by atoms with Gasteiger partial charge in [-0.05, 0) is 73.2 Å². The van der Waals surface area contributed by atoms with Gasteiger partial charge < -0.3 is 14.5 Å². The van der Waals surface area contributed by atoms with Gasteiger partial charge in [0.1, 0.15) is 5.75 Å². The van der Waals surface area contributed by atoms with Gasteiger partial charge in [0.05, 0.1) is 24.8 Å². The number of pyridine rings is 1. The molecule has 194 valence electrons. The van der Waals surface area contributed by atoms with E-state index in [4.69, 9.17) is 9.47 Å². The van der Waals surface area contributed by atoms with E-state index in [0.717, 1.165) is 66.9 Å². The van der Waals surface area contributed by atoms with Gasteiger partial charge in [-0.25, -0.2) is 4.68 Å². The average molecular weight is 495 g/mol. The van der Waals surface area contributed by atoms with E-state index in [0.29, 0.717) is 19.2 Å². The van der Waals surface area contributed by atoms with Crippen LogP contribution in [0.25, 0.3) is 10.9 Å². The zero-order chi connectivity index (χ0) is 25.1. The number of aromatic nitrogens is 5. The molecule has 2 fully saturated rings. The number of tetrazole rings is 1. The predicted molar refractivity (Wildman–Crippen MR) is 138 cm³/mol. The van der Waals surface area contributed by atoms with Crippen LogP contribution in [0.5, 0.6) is 5.75 Å². The molecule has 3 heterocycles. The monoisotopic (exact) mass is 494 g/mol. The number of fused-ring (bicyclic) bond motifs is 1. The first-order valence-electron chi connectivity index (χ1n) is 13.5. The fourth-order valence-electron chi connectivity index (χ4n) is 5.84. The highest BCUT2D eigenvalue weighted by atomic mass is 16.5. The molecule has 0 radical (unpaired) electrons. The Kier molecular flexibility index (Phi) is 7.67. The Hall–Kier alpha value is -2.78. The number of nitrogens with one attached hydrogen (secondary N) is 1. The Morgan fingerprint density at radius 2 is 2.03 bits per heavy atom. The smallest absolute Gasteiger partial charge is 0.252 e. The number of aromatic amines is 1. The summed E-state index contributed by atoms with van der Waals surface area (Å²) < 4.78 is 13.8. The van der Waals surface area contributed by atoms with Crippen LogP contribution in [-0.4, -0.2) is 56.0 Å². The van der Waals surface area contributed by atoms with Crippen molar-refractivity contribution in [2.24, 2.45) is 5.92 Å². The van der Waals surface area contributed by atoms with Gasteiger partial charge in [0.25, 0.3) is 5.56 Å². The third kappa shape index (κ3) is 5.32. The molecule has 1 N–H and O–H groups in total. The van der Waals surface area contributed by atoms with Crippen molar-refractivity contribution in [2.75, 3.05) is 19.8 Å². The minimum Gasteiger partial charge on any atom is -0.494 e. The van der Waals surface area contributed by atoms with Crippen molar-refractivity contribution in [3.63, 3.8) is 0 Å². The standard InChI is InChI=1S/C27H38N6O3/c1-4-35-22-11-12-24-19(15-22)14-20(27(34)28-24)16-32(17-23-10-7-13-36-23)25(18(2)3)26-29-30-31-33(26)21-8-5-6-9-21/h11-12,14-15,18,21,23,25H,4-10,13,16-17H2,1-3H3,(H,28,34)/t23-,25-/m1/s1. The number of benzene rings is 1. The molecule has 0 bridgehead atoms. The highest BCUT2D eigenvalue weighted by Crippen LogP contribution is 2.35. The number of ether oxygens (including phenoxy) is 2. The van der Waals surface area contributed by atoms with Crippen LogP contribution in [0, 0.1) is 5.92 Å². The SMILES string of the molecule is CCOc1ccc2[nH]c(=O)c(CN(C[C@H]3CCCO3)[C@@H](c3nnnn3C3CCCC3)C(C)C)cc2c1. The molecule has 1 saturated heterocycles. The third-order valence-electron chi connectivity index (χ3n) is 7.52. The Labute approximate surface area is 212 Å². The summed E-state index contributed by atoms with van der Waals surface area (Å²) in [5, 5.41) is 14.0. The molecule has 1 aliphatic carbocycles. The minimum absolute atomic E-state index is 0.0327. The number of hydrogen-bond acceptors (Lipinski definition) is 7. The van der Waals surface area contributed by atoms with E-state index < -0.39 is 0 Å². The highest BCUT2D eigenvalue weighted by Gasteiger charge is 2.34. The van der Waals surface area contributed by atoms with E-state index in [1.165, 1.54) is 12.8 Å². The Morgan fingerprint density at radius 3 is 2.75 bits per heavy atom. The van der Waals surface area contributed by atoms with Gasteiger partial charge in [-0.2, -0.15) is 0 Å². The van der Waals surface area contributed by atoms with Gasteiger partial charge in [-0.3, -0.25) is 9.69 Å². The van der Waals surface area contributed by atoms with Crippen LogP contribution < -0.4 is 10.3 Å². The van der Waals surface area contributed by atoms with Crippen molar-refractivity contribution < 1.29 is 9.47 Å². The topological polar surface area (TPSA) is 98.2 Å². The van der Waals surface area contributed by atoms with Gasteiger partial charge in [-0.15, -0.1) is 5.10 Å². The molecular formula is C27H38N6O3. The summed E-state index contributed by atoms with van der Waals surface area (Å²) in [4.78, 5) is 18.6. The van der Waals surface area contributed by atoms with Crippen LogP contribution in [0.3, 0.4) is 0 Å². The molecular weight excluding hydrogens is 456 g/mol. The molecule has 1 aromatic carbocycles. The van der Waals surface area contributed by atoms with E-state index >= 15 is 0 Å². The quantitative estimate of drug-likeness (QED) is 0.446. The first kappa shape index (κ1) is 24.9. The molecule has 3 aromatic rings. The normalized spacial score (nSPS) is 19.6. The minimum atomic E-state index is -0.0677. The van der Waals surface area contributed by atoms with Crippen LogP contribution in [0.4, 0.5) is 0 Å². The lowest BCUT2D eigenvalue weighted by molar-refractivity contribution is 0.0379. The van der Waals surface area contributed by atoms with Crippen LogP contribution in [0.1, 0.15) is 82.8 Å².